The predicted molar refractivity (Wildman–Crippen MR) is 225 cm³/mol. The van der Waals surface area contributed by atoms with Crippen LogP contribution in [-0.2, 0) is 39.8 Å². The zero-order chi connectivity index (χ0) is 54.0. The number of aromatic nitrogens is 2. The summed E-state index contributed by atoms with van der Waals surface area (Å²) in [5, 5.41) is 29.8. The number of carbonyl (C=O) groups is 5. The maximum atomic E-state index is 12.7. The summed E-state index contributed by atoms with van der Waals surface area (Å²) in [7, 11) is -7.82. The van der Waals surface area contributed by atoms with E-state index in [4.69, 9.17) is 41.9 Å². The number of ether oxygens (including phenoxy) is 5. The van der Waals surface area contributed by atoms with Crippen molar-refractivity contribution in [2.45, 2.75) is 43.7 Å². The summed E-state index contributed by atoms with van der Waals surface area (Å²) in [6.45, 7) is -4.81. The van der Waals surface area contributed by atoms with Crippen molar-refractivity contribution in [2.24, 2.45) is 5.73 Å². The minimum Gasteiger partial charge on any atom is -0.480 e. The molecular formula is C37H35ClF7N6O18PS. The second-order valence-corrected chi connectivity index (χ2v) is 17.7. The van der Waals surface area contributed by atoms with E-state index in [1.165, 1.54) is 30.4 Å². The number of carboxylic acid groups (broad SMARTS) is 2. The number of nitrogens with two attached hydrogens (primary N) is 1. The predicted octanol–water partition coefficient (Wildman–Crippen LogP) is 6.36. The number of sulfonamides is 1. The molecule has 0 spiro atoms. The average molecular weight is 1080 g/mol. The second-order valence-electron chi connectivity index (χ2n) is 13.1. The summed E-state index contributed by atoms with van der Waals surface area (Å²) >= 11 is 5.81. The molecule has 0 saturated carbocycles. The van der Waals surface area contributed by atoms with E-state index in [1.54, 1.807) is 5.32 Å². The van der Waals surface area contributed by atoms with Gasteiger partial charge >= 0.3 is 49.3 Å². The summed E-state index contributed by atoms with van der Waals surface area (Å²) in [6, 6.07) is 7.55. The number of nitrogens with one attached hydrogen (secondary N) is 2. The van der Waals surface area contributed by atoms with Gasteiger partial charge in [0.2, 0.25) is 17.7 Å². The Morgan fingerprint density at radius 3 is 2.00 bits per heavy atom. The van der Waals surface area contributed by atoms with Gasteiger partial charge in [0.05, 0.1) is 33.7 Å². The molecule has 24 nitrogen and oxygen atoms in total. The molecule has 7 N–H and O–H groups in total. The molecule has 0 fully saturated rings. The molecule has 2 atom stereocenters. The van der Waals surface area contributed by atoms with Gasteiger partial charge in [-0.25, -0.2) is 32.3 Å². The van der Waals surface area contributed by atoms with E-state index in [0.717, 1.165) is 42.5 Å². The first kappa shape index (κ1) is 59.7. The van der Waals surface area contributed by atoms with Gasteiger partial charge in [-0.05, 0) is 49.7 Å². The van der Waals surface area contributed by atoms with Crippen LogP contribution in [0, 0.1) is 10.1 Å². The summed E-state index contributed by atoms with van der Waals surface area (Å²) < 4.78 is 146. The number of nitro benzene ring substituents is 1. The van der Waals surface area contributed by atoms with Crippen LogP contribution in [0.5, 0.6) is 23.3 Å². The fourth-order valence-electron chi connectivity index (χ4n) is 4.64. The number of nitro groups is 1. The number of aromatic carboxylic acids is 1. The molecule has 71 heavy (non-hydrogen) atoms. The number of carbonyl (C=O) groups excluding carboxylic acids is 3. The molecule has 0 aliphatic rings. The molecular weight excluding hydrogens is 1050 g/mol. The molecule has 4 rings (SSSR count). The van der Waals surface area contributed by atoms with Crippen molar-refractivity contribution in [1.29, 1.82) is 0 Å². The number of benzene rings is 3. The van der Waals surface area contributed by atoms with Crippen LogP contribution in [0.25, 0.3) is 0 Å². The van der Waals surface area contributed by atoms with E-state index in [0.29, 0.717) is 12.1 Å². The fraction of sp³-hybridized carbons (Fsp3) is 0.270. The maximum Gasteiger partial charge on any atom is 0.416 e. The lowest BCUT2D eigenvalue weighted by Crippen LogP contribution is -2.35. The maximum absolute atomic E-state index is 12.7. The van der Waals surface area contributed by atoms with Crippen LogP contribution in [-0.4, -0.2) is 114 Å². The number of amides is 2. The lowest BCUT2D eigenvalue weighted by atomic mass is 10.1. The molecule has 0 bridgehead atoms. The third kappa shape index (κ3) is 21.0. The van der Waals surface area contributed by atoms with Crippen molar-refractivity contribution >= 4 is 70.5 Å². The third-order valence-corrected chi connectivity index (χ3v) is 10.4. The number of hydrogen-bond acceptors (Lipinski definition) is 18. The molecule has 3 aromatic carbocycles. The molecule has 0 aliphatic heterocycles. The topological polar surface area (TPSA) is 362 Å². The SMILES string of the molecule is CCOC(=O)COC(=O)c1cc(Oc2ccc(C(F)(F)F)cc2Cl)ccc1[N+](=O)[O-].CP(=O)(O)CCC(N)C(=O)O.O=C(Nc1nc(OC(F)F)cc(OC(F)F)n1)NS(=O)(=O)c1ccccc1C(=O)O. The van der Waals surface area contributed by atoms with Gasteiger partial charge in [-0.3, -0.25) is 24.8 Å². The van der Waals surface area contributed by atoms with Crippen LogP contribution >= 0.6 is 19.0 Å². The number of esters is 2. The molecule has 0 aliphatic carbocycles. The molecule has 0 saturated heterocycles. The smallest absolute Gasteiger partial charge is 0.416 e. The van der Waals surface area contributed by atoms with Gasteiger partial charge in [-0.1, -0.05) is 23.7 Å². The highest BCUT2D eigenvalue weighted by Gasteiger charge is 2.32. The number of hydrogen-bond donors (Lipinski definition) is 6. The van der Waals surface area contributed by atoms with Crippen LogP contribution < -0.4 is 30.0 Å². The van der Waals surface area contributed by atoms with Crippen LogP contribution in [0.4, 0.5) is 47.2 Å². The monoisotopic (exact) mass is 1080 g/mol. The normalized spacial score (nSPS) is 12.3. The van der Waals surface area contributed by atoms with Gasteiger partial charge in [0.15, 0.2) is 14.0 Å². The number of alkyl halides is 7. The van der Waals surface area contributed by atoms with Crippen LogP contribution in [0.1, 0.15) is 39.6 Å². The van der Waals surface area contributed by atoms with Crippen LogP contribution in [0.2, 0.25) is 5.02 Å². The molecule has 1 heterocycles. The Morgan fingerprint density at radius 2 is 1.51 bits per heavy atom. The Morgan fingerprint density at radius 1 is 0.915 bits per heavy atom. The van der Waals surface area contributed by atoms with Crippen molar-refractivity contribution in [2.75, 3.05) is 31.4 Å². The first-order valence-electron chi connectivity index (χ1n) is 18.7. The first-order chi connectivity index (χ1) is 32.8. The zero-order valence-electron chi connectivity index (χ0n) is 35.7. The van der Waals surface area contributed by atoms with E-state index >= 15 is 0 Å². The van der Waals surface area contributed by atoms with Crippen molar-refractivity contribution in [3.8, 4) is 23.3 Å². The third-order valence-electron chi connectivity index (χ3n) is 7.63. The Hall–Kier alpha value is -7.41. The number of urea groups is 1. The van der Waals surface area contributed by atoms with E-state index < -0.39 is 129 Å². The largest absolute Gasteiger partial charge is 0.480 e. The fourth-order valence-corrected chi connectivity index (χ4v) is 6.72. The minimum absolute atomic E-state index is 0.0412. The average Bonchev–Trinajstić information content (AvgIpc) is 3.24. The second kappa shape index (κ2) is 26.5. The molecule has 1 aromatic heterocycles. The Bertz CT molecular complexity index is 2710. The van der Waals surface area contributed by atoms with Gasteiger partial charge in [0.1, 0.15) is 28.0 Å². The standard InChI is InChI=1S/C18H13ClF3NO7.C14H10F4N4O7S.C5H12NO4P/c1-2-28-16(24)9-29-17(25)12-8-11(4-5-14(12)23(26)27)30-15-6-3-10(7-13(15)19)18(20,21)22;15-11(16)28-8-5-9(29-12(17)18)20-13(19-8)21-14(25)22-30(26,27)7-4-2-1-3-6(7)10(23)24;1-11(9,10)3-2-4(6)5(7)8/h3-8H,2,9H2,1H3;1-5,11-12H,(H,23,24)(H2,19,20,21,22,25);4H,2-3,6H2,1H3,(H,7,8)(H,9,10). The number of rotatable bonds is 19. The number of anilines is 1. The first-order valence-corrected chi connectivity index (χ1v) is 22.9. The van der Waals surface area contributed by atoms with Crippen LogP contribution in [0.3, 0.4) is 0 Å². The summed E-state index contributed by atoms with van der Waals surface area (Å²) in [5.74, 6) is -7.95. The van der Waals surface area contributed by atoms with E-state index in [-0.39, 0.29) is 35.7 Å². The lowest BCUT2D eigenvalue weighted by molar-refractivity contribution is -0.385. The molecule has 388 valence electrons. The molecule has 2 unspecified atom stereocenters. The zero-order valence-corrected chi connectivity index (χ0v) is 38.1. The van der Waals surface area contributed by atoms with Gasteiger partial charge in [-0.15, -0.1) is 0 Å². The van der Waals surface area contributed by atoms with Crippen molar-refractivity contribution in [3.63, 3.8) is 0 Å². The minimum atomic E-state index is -4.71. The number of aliphatic carboxylic acids is 1. The van der Waals surface area contributed by atoms with Gasteiger partial charge in [-0.2, -0.15) is 40.7 Å². The van der Waals surface area contributed by atoms with Crippen molar-refractivity contribution in [1.82, 2.24) is 14.7 Å². The molecule has 2 amide bonds. The number of halogens is 8. The molecule has 34 heteroatoms. The highest BCUT2D eigenvalue weighted by molar-refractivity contribution is 7.90. The Labute approximate surface area is 398 Å². The highest BCUT2D eigenvalue weighted by atomic mass is 35.5. The van der Waals surface area contributed by atoms with Gasteiger partial charge < -0.3 is 44.5 Å². The van der Waals surface area contributed by atoms with E-state index in [1.807, 2.05) is 0 Å². The molecule has 4 aromatic rings. The molecule has 0 radical (unpaired) electrons. The van der Waals surface area contributed by atoms with Crippen molar-refractivity contribution < 1.29 is 111 Å². The van der Waals surface area contributed by atoms with E-state index in [2.05, 4.69) is 24.2 Å². The van der Waals surface area contributed by atoms with Gasteiger partial charge in [0.25, 0.3) is 15.7 Å². The van der Waals surface area contributed by atoms with Crippen LogP contribution in [0.15, 0.2) is 71.6 Å². The number of carboxylic acids is 2. The summed E-state index contributed by atoms with van der Waals surface area (Å²) in [5.41, 5.74) is 2.29. The Kier molecular flexibility index (Phi) is 22.3. The summed E-state index contributed by atoms with van der Waals surface area (Å²) in [4.78, 5) is 81.5. The van der Waals surface area contributed by atoms with Gasteiger partial charge in [0, 0.05) is 25.0 Å². The lowest BCUT2D eigenvalue weighted by Gasteiger charge is -2.12. The van der Waals surface area contributed by atoms with E-state index in [9.17, 15) is 77.8 Å². The quantitative estimate of drug-likeness (QED) is 0.0196. The number of nitrogens with zero attached hydrogens (tertiary/aromatic N) is 3. The Balaban J connectivity index is 0.000000403. The summed E-state index contributed by atoms with van der Waals surface area (Å²) in [6.07, 6.45) is -4.61. The van der Waals surface area contributed by atoms with Crippen molar-refractivity contribution in [3.05, 3.63) is 98.6 Å². The highest BCUT2D eigenvalue weighted by Crippen LogP contribution is 2.38.